The summed E-state index contributed by atoms with van der Waals surface area (Å²) in [5.74, 6) is 0.0766. The van der Waals surface area contributed by atoms with Crippen LogP contribution in [-0.2, 0) is 22.4 Å². The lowest BCUT2D eigenvalue weighted by Gasteiger charge is -2.32. The van der Waals surface area contributed by atoms with E-state index >= 15 is 0 Å². The third-order valence-corrected chi connectivity index (χ3v) is 7.12. The Labute approximate surface area is 190 Å². The number of benzene rings is 1. The molecule has 0 unspecified atom stereocenters. The van der Waals surface area contributed by atoms with Crippen molar-refractivity contribution in [2.24, 2.45) is 17.8 Å². The number of aliphatic hydroxyl groups excluding tert-OH is 2. The molecule has 0 aromatic heterocycles. The molecule has 7 heteroatoms. The molecule has 1 aromatic carbocycles. The van der Waals surface area contributed by atoms with E-state index in [1.54, 1.807) is 0 Å². The van der Waals surface area contributed by atoms with Gasteiger partial charge in [0.2, 0.25) is 0 Å². The van der Waals surface area contributed by atoms with Gasteiger partial charge < -0.3 is 25.4 Å². The minimum Gasteiger partial charge on any atom is -0.483 e. The summed E-state index contributed by atoms with van der Waals surface area (Å²) in [6.45, 7) is 1.51. The van der Waals surface area contributed by atoms with Gasteiger partial charge in [-0.3, -0.25) is 9.59 Å². The molecular formula is C25H37NO6. The number of hydrogen-bond acceptors (Lipinski definition) is 5. The highest BCUT2D eigenvalue weighted by Crippen LogP contribution is 2.48. The zero-order valence-electron chi connectivity index (χ0n) is 19.0. The van der Waals surface area contributed by atoms with E-state index in [9.17, 15) is 19.8 Å². The summed E-state index contributed by atoms with van der Waals surface area (Å²) < 4.78 is 5.73. The summed E-state index contributed by atoms with van der Waals surface area (Å²) in [7, 11) is 0. The van der Waals surface area contributed by atoms with Gasteiger partial charge in [0.05, 0.1) is 12.2 Å². The number of carbonyl (C=O) groups excluding carboxylic acids is 1. The van der Waals surface area contributed by atoms with Gasteiger partial charge in [-0.05, 0) is 73.5 Å². The van der Waals surface area contributed by atoms with Crippen LogP contribution in [-0.4, -0.2) is 52.6 Å². The first-order valence-electron chi connectivity index (χ1n) is 12.0. The Balaban J connectivity index is 1.58. The molecule has 178 valence electrons. The minimum absolute atomic E-state index is 0.209. The van der Waals surface area contributed by atoms with Crippen LogP contribution in [0.4, 0.5) is 0 Å². The fourth-order valence-electron chi connectivity index (χ4n) is 5.47. The third kappa shape index (κ3) is 6.45. The molecule has 0 heterocycles. The van der Waals surface area contributed by atoms with E-state index in [0.29, 0.717) is 17.6 Å². The Hall–Kier alpha value is -2.12. The Morgan fingerprint density at radius 3 is 2.78 bits per heavy atom. The second-order valence-electron chi connectivity index (χ2n) is 9.38. The van der Waals surface area contributed by atoms with Crippen LogP contribution >= 0.6 is 0 Å². The zero-order chi connectivity index (χ0) is 23.1. The highest BCUT2D eigenvalue weighted by Gasteiger charge is 2.44. The number of hydrogen-bond donors (Lipinski definition) is 4. The van der Waals surface area contributed by atoms with E-state index < -0.39 is 18.4 Å². The van der Waals surface area contributed by atoms with Gasteiger partial charge in [0.1, 0.15) is 12.3 Å². The molecule has 5 atom stereocenters. The van der Waals surface area contributed by atoms with E-state index in [0.717, 1.165) is 63.4 Å². The number of carbonyl (C=O) groups is 2. The van der Waals surface area contributed by atoms with Crippen molar-refractivity contribution in [3.63, 3.8) is 0 Å². The van der Waals surface area contributed by atoms with Crippen LogP contribution in [0.1, 0.15) is 63.0 Å². The first-order valence-corrected chi connectivity index (χ1v) is 12.0. The fourth-order valence-corrected chi connectivity index (χ4v) is 5.47. The molecule has 2 aliphatic rings. The predicted octanol–water partition coefficient (Wildman–Crippen LogP) is 2.70. The molecule has 3 rings (SSSR count). The van der Waals surface area contributed by atoms with Crippen LogP contribution < -0.4 is 10.1 Å². The van der Waals surface area contributed by atoms with Crippen molar-refractivity contribution in [2.75, 3.05) is 13.2 Å². The molecule has 0 bridgehead atoms. The first kappa shape index (κ1) is 24.5. The topological polar surface area (TPSA) is 116 Å². The van der Waals surface area contributed by atoms with Crippen molar-refractivity contribution in [3.8, 4) is 5.75 Å². The number of amides is 1. The van der Waals surface area contributed by atoms with Gasteiger partial charge in [0, 0.05) is 0 Å². The van der Waals surface area contributed by atoms with Crippen LogP contribution in [0.25, 0.3) is 0 Å². The summed E-state index contributed by atoms with van der Waals surface area (Å²) in [5.41, 5.74) is 2.28. The predicted molar refractivity (Wildman–Crippen MR) is 120 cm³/mol. The molecule has 32 heavy (non-hydrogen) atoms. The maximum Gasteiger partial charge on any atom is 0.322 e. The second-order valence-corrected chi connectivity index (χ2v) is 9.38. The normalized spacial score (nSPS) is 25.0. The maximum atomic E-state index is 11.8. The van der Waals surface area contributed by atoms with Crippen LogP contribution in [0.3, 0.4) is 0 Å². The van der Waals surface area contributed by atoms with Gasteiger partial charge in [0.15, 0.2) is 6.61 Å². The number of ether oxygens (including phenoxy) is 1. The molecule has 0 saturated heterocycles. The Morgan fingerprint density at radius 2 is 2.03 bits per heavy atom. The van der Waals surface area contributed by atoms with Crippen LogP contribution in [0.5, 0.6) is 5.75 Å². The number of rotatable bonds is 12. The van der Waals surface area contributed by atoms with Gasteiger partial charge in [-0.2, -0.15) is 0 Å². The summed E-state index contributed by atoms with van der Waals surface area (Å²) in [4.78, 5) is 22.4. The summed E-state index contributed by atoms with van der Waals surface area (Å²) in [6, 6.07) is 5.85. The smallest absolute Gasteiger partial charge is 0.322 e. The number of carboxylic acids is 1. The van der Waals surface area contributed by atoms with E-state index in [1.807, 2.05) is 12.1 Å². The van der Waals surface area contributed by atoms with Crippen LogP contribution in [0.2, 0.25) is 0 Å². The molecule has 1 saturated carbocycles. The lowest BCUT2D eigenvalue weighted by Crippen LogP contribution is -2.33. The van der Waals surface area contributed by atoms with Gasteiger partial charge in [-0.15, -0.1) is 0 Å². The Bertz CT molecular complexity index is 782. The van der Waals surface area contributed by atoms with Gasteiger partial charge in [-0.1, -0.05) is 38.3 Å². The van der Waals surface area contributed by atoms with Crippen molar-refractivity contribution in [2.45, 2.75) is 76.9 Å². The number of fused-ring (bicyclic) bond motifs is 2. The molecule has 4 N–H and O–H groups in total. The average Bonchev–Trinajstić information content (AvgIpc) is 3.07. The average molecular weight is 448 g/mol. The van der Waals surface area contributed by atoms with Crippen LogP contribution in [0.15, 0.2) is 18.2 Å². The van der Waals surface area contributed by atoms with Gasteiger partial charge in [-0.25, -0.2) is 0 Å². The molecule has 0 aliphatic heterocycles. The van der Waals surface area contributed by atoms with Crippen LogP contribution in [0, 0.1) is 17.8 Å². The van der Waals surface area contributed by atoms with Gasteiger partial charge in [0.25, 0.3) is 5.91 Å². The standard InChI is InChI=1S/C25H37NO6/c1-2-3-4-7-18(27)9-10-19-20-11-16-6-5-8-23(21(16)12-17(20)13-22(19)28)32-15-24(29)26-14-25(30)31/h5-6,8,17-20,22,27-28H,2-4,7,9-15H2,1H3,(H,26,29)(H,30,31)/t17-,18-,19+,20-,22+/m0/s1. The monoisotopic (exact) mass is 447 g/mol. The number of carboxylic acid groups (broad SMARTS) is 1. The maximum absolute atomic E-state index is 11.8. The molecular weight excluding hydrogens is 410 g/mol. The lowest BCUT2D eigenvalue weighted by molar-refractivity contribution is -0.138. The second kappa shape index (κ2) is 11.7. The SMILES string of the molecule is CCCCC[C@H](O)CC[C@@H]1[C@H]2Cc3cccc(OCC(=O)NCC(=O)O)c3C[C@H]2C[C@H]1O. The van der Waals surface area contributed by atoms with Gasteiger partial charge >= 0.3 is 5.97 Å². The molecule has 1 amide bonds. The Morgan fingerprint density at radius 1 is 1.22 bits per heavy atom. The highest BCUT2D eigenvalue weighted by molar-refractivity contribution is 5.82. The number of unbranched alkanes of at least 4 members (excludes halogenated alkanes) is 2. The molecule has 1 fully saturated rings. The third-order valence-electron chi connectivity index (χ3n) is 7.12. The molecule has 1 aromatic rings. The van der Waals surface area contributed by atoms with Crippen molar-refractivity contribution in [3.05, 3.63) is 29.3 Å². The lowest BCUT2D eigenvalue weighted by atomic mass is 9.73. The van der Waals surface area contributed by atoms with Crippen molar-refractivity contribution in [1.82, 2.24) is 5.32 Å². The van der Waals surface area contributed by atoms with E-state index in [-0.39, 0.29) is 24.7 Å². The number of aliphatic hydroxyl groups is 2. The highest BCUT2D eigenvalue weighted by atomic mass is 16.5. The van der Waals surface area contributed by atoms with Crippen molar-refractivity contribution < 1.29 is 29.6 Å². The first-order chi connectivity index (χ1) is 15.4. The molecule has 2 aliphatic carbocycles. The largest absolute Gasteiger partial charge is 0.483 e. The van der Waals surface area contributed by atoms with Crippen molar-refractivity contribution >= 4 is 11.9 Å². The number of aliphatic carboxylic acids is 1. The molecule has 0 radical (unpaired) electrons. The number of nitrogens with one attached hydrogen (secondary N) is 1. The van der Waals surface area contributed by atoms with E-state index in [4.69, 9.17) is 9.84 Å². The summed E-state index contributed by atoms with van der Waals surface area (Å²) in [6.07, 6.45) is 7.61. The zero-order valence-corrected chi connectivity index (χ0v) is 19.0. The quantitative estimate of drug-likeness (QED) is 0.366. The Kier molecular flexibility index (Phi) is 8.93. The minimum atomic E-state index is -1.09. The van der Waals surface area contributed by atoms with E-state index in [1.165, 1.54) is 5.56 Å². The summed E-state index contributed by atoms with van der Waals surface area (Å²) >= 11 is 0. The summed E-state index contributed by atoms with van der Waals surface area (Å²) in [5, 5.41) is 32.0. The van der Waals surface area contributed by atoms with Crippen molar-refractivity contribution in [1.29, 1.82) is 0 Å². The molecule has 0 spiro atoms. The fraction of sp³-hybridized carbons (Fsp3) is 0.680. The molecule has 7 nitrogen and oxygen atoms in total. The van der Waals surface area contributed by atoms with E-state index in [2.05, 4.69) is 18.3 Å².